The molecule has 16 heavy (non-hydrogen) atoms. The number of carboxylic acids is 1. The Hall–Kier alpha value is -1.89. The van der Waals surface area contributed by atoms with E-state index in [9.17, 15) is 14.4 Å². The number of primary amides is 1. The second-order valence-corrected chi connectivity index (χ2v) is 3.05. The third kappa shape index (κ3) is 6.55. The highest BCUT2D eigenvalue weighted by Crippen LogP contribution is 1.91. The summed E-state index contributed by atoms with van der Waals surface area (Å²) in [5.74, 6) is -2.60. The number of carbonyl (C=O) groups excluding carboxylic acids is 2. The van der Waals surface area contributed by atoms with Crippen LogP contribution in [0.5, 0.6) is 0 Å². The Kier molecular flexibility index (Phi) is 6.53. The lowest BCUT2D eigenvalue weighted by Gasteiger charge is -2.12. The summed E-state index contributed by atoms with van der Waals surface area (Å²) in [6.45, 7) is 3.82. The summed E-state index contributed by atoms with van der Waals surface area (Å²) in [6, 6.07) is -1.28. The number of hydrogen-bond donors (Lipinski definition) is 4. The maximum absolute atomic E-state index is 11.2. The van der Waals surface area contributed by atoms with Crippen LogP contribution in [-0.4, -0.2) is 42.0 Å². The summed E-state index contributed by atoms with van der Waals surface area (Å²) in [7, 11) is 0. The van der Waals surface area contributed by atoms with E-state index in [4.69, 9.17) is 10.8 Å². The fraction of sp³-hybridized carbons (Fsp3) is 0.444. The molecule has 1 atom stereocenters. The SMILES string of the molecule is C=CCNCC(=O)NC(CC(N)=O)C(=O)O. The summed E-state index contributed by atoms with van der Waals surface area (Å²) in [5.41, 5.74) is 4.85. The molecule has 0 bridgehead atoms. The Bertz CT molecular complexity index is 290. The summed E-state index contributed by atoms with van der Waals surface area (Å²) < 4.78 is 0. The summed E-state index contributed by atoms with van der Waals surface area (Å²) in [4.78, 5) is 32.4. The monoisotopic (exact) mass is 229 g/mol. The highest BCUT2D eigenvalue weighted by Gasteiger charge is 2.21. The minimum absolute atomic E-state index is 0.0471. The standard InChI is InChI=1S/C9H15N3O4/c1-2-3-11-5-8(14)12-6(9(15)16)4-7(10)13/h2,6,11H,1,3-5H2,(H2,10,13)(H,12,14)(H,15,16). The Balaban J connectivity index is 4.08. The fourth-order valence-corrected chi connectivity index (χ4v) is 0.934. The molecule has 0 radical (unpaired) electrons. The third-order valence-electron chi connectivity index (χ3n) is 1.61. The van der Waals surface area contributed by atoms with E-state index in [1.165, 1.54) is 0 Å². The van der Waals surface area contributed by atoms with Crippen LogP contribution in [-0.2, 0) is 14.4 Å². The van der Waals surface area contributed by atoms with Crippen LogP contribution in [0, 0.1) is 0 Å². The topological polar surface area (TPSA) is 122 Å². The van der Waals surface area contributed by atoms with Crippen molar-refractivity contribution in [3.8, 4) is 0 Å². The minimum atomic E-state index is -1.30. The van der Waals surface area contributed by atoms with Crippen LogP contribution in [0.1, 0.15) is 6.42 Å². The lowest BCUT2D eigenvalue weighted by Crippen LogP contribution is -2.46. The number of carbonyl (C=O) groups is 3. The van der Waals surface area contributed by atoms with Gasteiger partial charge in [-0.25, -0.2) is 4.79 Å². The van der Waals surface area contributed by atoms with Gasteiger partial charge in [-0.3, -0.25) is 9.59 Å². The van der Waals surface area contributed by atoms with E-state index in [0.717, 1.165) is 0 Å². The lowest BCUT2D eigenvalue weighted by atomic mass is 10.2. The van der Waals surface area contributed by atoms with E-state index < -0.39 is 30.2 Å². The zero-order valence-corrected chi connectivity index (χ0v) is 8.73. The molecule has 2 amide bonds. The van der Waals surface area contributed by atoms with Gasteiger partial charge in [0, 0.05) is 6.54 Å². The van der Waals surface area contributed by atoms with Crippen LogP contribution in [0.25, 0.3) is 0 Å². The largest absolute Gasteiger partial charge is 0.480 e. The quantitative estimate of drug-likeness (QED) is 0.289. The van der Waals surface area contributed by atoms with Gasteiger partial charge in [-0.1, -0.05) is 6.08 Å². The third-order valence-corrected chi connectivity index (χ3v) is 1.61. The van der Waals surface area contributed by atoms with Gasteiger partial charge >= 0.3 is 5.97 Å². The van der Waals surface area contributed by atoms with E-state index in [-0.39, 0.29) is 6.54 Å². The Morgan fingerprint density at radius 3 is 2.50 bits per heavy atom. The molecule has 0 aromatic rings. The molecular formula is C9H15N3O4. The number of rotatable bonds is 8. The first kappa shape index (κ1) is 14.1. The number of carboxylic acid groups (broad SMARTS) is 1. The lowest BCUT2D eigenvalue weighted by molar-refractivity contribution is -0.143. The van der Waals surface area contributed by atoms with Gasteiger partial charge in [0.1, 0.15) is 6.04 Å². The number of nitrogens with two attached hydrogens (primary N) is 1. The van der Waals surface area contributed by atoms with E-state index in [2.05, 4.69) is 17.2 Å². The van der Waals surface area contributed by atoms with Crippen molar-refractivity contribution in [3.05, 3.63) is 12.7 Å². The van der Waals surface area contributed by atoms with Gasteiger partial charge in [-0.2, -0.15) is 0 Å². The maximum atomic E-state index is 11.2. The zero-order chi connectivity index (χ0) is 12.6. The van der Waals surface area contributed by atoms with Gasteiger partial charge in [0.15, 0.2) is 0 Å². The second-order valence-electron chi connectivity index (χ2n) is 3.05. The number of amides is 2. The van der Waals surface area contributed by atoms with Crippen molar-refractivity contribution < 1.29 is 19.5 Å². The molecule has 0 aromatic heterocycles. The summed E-state index contributed by atoms with van der Waals surface area (Å²) >= 11 is 0. The molecule has 7 nitrogen and oxygen atoms in total. The fourth-order valence-electron chi connectivity index (χ4n) is 0.934. The summed E-state index contributed by atoms with van der Waals surface area (Å²) in [6.07, 6.45) is 1.13. The Morgan fingerprint density at radius 2 is 2.06 bits per heavy atom. The molecule has 0 aliphatic rings. The van der Waals surface area contributed by atoms with Crippen LogP contribution < -0.4 is 16.4 Å². The van der Waals surface area contributed by atoms with Crippen LogP contribution >= 0.6 is 0 Å². The average Bonchev–Trinajstić information content (AvgIpc) is 2.16. The molecule has 0 spiro atoms. The molecule has 0 saturated carbocycles. The van der Waals surface area contributed by atoms with Crippen molar-refractivity contribution in [1.29, 1.82) is 0 Å². The van der Waals surface area contributed by atoms with E-state index in [0.29, 0.717) is 6.54 Å². The molecule has 0 saturated heterocycles. The predicted octanol–water partition coefficient (Wildman–Crippen LogP) is -1.79. The van der Waals surface area contributed by atoms with Crippen molar-refractivity contribution in [1.82, 2.24) is 10.6 Å². The average molecular weight is 229 g/mol. The van der Waals surface area contributed by atoms with Crippen molar-refractivity contribution in [2.75, 3.05) is 13.1 Å². The van der Waals surface area contributed by atoms with Crippen molar-refractivity contribution in [2.24, 2.45) is 5.73 Å². The minimum Gasteiger partial charge on any atom is -0.480 e. The van der Waals surface area contributed by atoms with Gasteiger partial charge in [0.25, 0.3) is 0 Å². The van der Waals surface area contributed by atoms with Crippen LogP contribution in [0.2, 0.25) is 0 Å². The van der Waals surface area contributed by atoms with Crippen LogP contribution in [0.3, 0.4) is 0 Å². The highest BCUT2D eigenvalue weighted by molar-refractivity contribution is 5.88. The molecule has 0 heterocycles. The van der Waals surface area contributed by atoms with Gasteiger partial charge in [0.2, 0.25) is 11.8 Å². The first-order chi connectivity index (χ1) is 7.47. The molecule has 0 fully saturated rings. The maximum Gasteiger partial charge on any atom is 0.326 e. The zero-order valence-electron chi connectivity index (χ0n) is 8.73. The molecular weight excluding hydrogens is 214 g/mol. The Morgan fingerprint density at radius 1 is 1.44 bits per heavy atom. The van der Waals surface area contributed by atoms with Gasteiger partial charge < -0.3 is 21.5 Å². The van der Waals surface area contributed by atoms with Gasteiger partial charge in [-0.05, 0) is 0 Å². The second kappa shape index (κ2) is 7.41. The molecule has 90 valence electrons. The van der Waals surface area contributed by atoms with Crippen molar-refractivity contribution in [2.45, 2.75) is 12.5 Å². The summed E-state index contributed by atoms with van der Waals surface area (Å²) in [5, 5.41) is 13.5. The van der Waals surface area contributed by atoms with Gasteiger partial charge in [0.05, 0.1) is 13.0 Å². The Labute approximate surface area is 92.7 Å². The number of nitrogens with one attached hydrogen (secondary N) is 2. The normalized spacial score (nSPS) is 11.5. The van der Waals surface area contributed by atoms with Crippen LogP contribution in [0.4, 0.5) is 0 Å². The van der Waals surface area contributed by atoms with Gasteiger partial charge in [-0.15, -0.1) is 6.58 Å². The molecule has 5 N–H and O–H groups in total. The molecule has 7 heteroatoms. The molecule has 0 aliphatic heterocycles. The van der Waals surface area contributed by atoms with E-state index in [1.54, 1.807) is 6.08 Å². The number of hydrogen-bond acceptors (Lipinski definition) is 4. The first-order valence-corrected chi connectivity index (χ1v) is 4.59. The van der Waals surface area contributed by atoms with Crippen molar-refractivity contribution in [3.63, 3.8) is 0 Å². The molecule has 0 rings (SSSR count). The molecule has 0 aromatic carbocycles. The molecule has 1 unspecified atom stereocenters. The van der Waals surface area contributed by atoms with Crippen LogP contribution in [0.15, 0.2) is 12.7 Å². The van der Waals surface area contributed by atoms with E-state index in [1.807, 2.05) is 0 Å². The van der Waals surface area contributed by atoms with Crippen molar-refractivity contribution >= 4 is 17.8 Å². The van der Waals surface area contributed by atoms with E-state index >= 15 is 0 Å². The predicted molar refractivity (Wildman–Crippen MR) is 56.4 cm³/mol. The highest BCUT2D eigenvalue weighted by atomic mass is 16.4. The number of aliphatic carboxylic acids is 1. The first-order valence-electron chi connectivity index (χ1n) is 4.59. The molecule has 0 aliphatic carbocycles. The smallest absolute Gasteiger partial charge is 0.326 e.